The molecule has 0 unspecified atom stereocenters. The number of morpholine rings is 1. The zero-order valence-electron chi connectivity index (χ0n) is 13.3. The molecule has 2 aromatic rings. The molecule has 1 aromatic heterocycles. The minimum atomic E-state index is -0.413. The zero-order valence-corrected chi connectivity index (χ0v) is 13.3. The summed E-state index contributed by atoms with van der Waals surface area (Å²) in [5.41, 5.74) is -0.225. The lowest BCUT2D eigenvalue weighted by molar-refractivity contribution is -0.135. The van der Waals surface area contributed by atoms with Gasteiger partial charge in [0.2, 0.25) is 5.91 Å². The molecule has 2 heterocycles. The number of aromatic nitrogens is 2. The number of carbonyl (C=O) groups is 2. The highest BCUT2D eigenvalue weighted by Crippen LogP contribution is 2.14. The predicted molar refractivity (Wildman–Crippen MR) is 86.7 cm³/mol. The summed E-state index contributed by atoms with van der Waals surface area (Å²) in [6.45, 7) is 2.03. The SMILES string of the molecule is CN(CC(=O)N1CCOCC1)C(=O)c1n[nH]c(=O)c2ccccc12. The molecule has 1 aliphatic rings. The molecular weight excluding hydrogens is 312 g/mol. The maximum absolute atomic E-state index is 12.6. The van der Waals surface area contributed by atoms with Gasteiger partial charge in [-0.1, -0.05) is 18.2 Å². The Kier molecular flexibility index (Phi) is 4.57. The summed E-state index contributed by atoms with van der Waals surface area (Å²) in [4.78, 5) is 39.7. The lowest BCUT2D eigenvalue weighted by Crippen LogP contribution is -2.46. The lowest BCUT2D eigenvalue weighted by Gasteiger charge is -2.28. The molecule has 24 heavy (non-hydrogen) atoms. The minimum Gasteiger partial charge on any atom is -0.378 e. The van der Waals surface area contributed by atoms with Crippen LogP contribution >= 0.6 is 0 Å². The van der Waals surface area contributed by atoms with Crippen molar-refractivity contribution in [2.75, 3.05) is 39.9 Å². The number of nitrogens with zero attached hydrogens (tertiary/aromatic N) is 3. The molecule has 0 aliphatic carbocycles. The fraction of sp³-hybridized carbons (Fsp3) is 0.375. The normalized spacial score (nSPS) is 14.6. The second-order valence-electron chi connectivity index (χ2n) is 5.60. The van der Waals surface area contributed by atoms with E-state index in [-0.39, 0.29) is 23.7 Å². The van der Waals surface area contributed by atoms with Gasteiger partial charge in [0.05, 0.1) is 25.1 Å². The third-order valence-electron chi connectivity index (χ3n) is 3.98. The number of aromatic amines is 1. The van der Waals surface area contributed by atoms with Crippen molar-refractivity contribution in [2.24, 2.45) is 0 Å². The fourth-order valence-corrected chi connectivity index (χ4v) is 2.65. The molecule has 126 valence electrons. The first-order valence-corrected chi connectivity index (χ1v) is 7.66. The average molecular weight is 330 g/mol. The first-order chi connectivity index (χ1) is 11.6. The molecule has 1 saturated heterocycles. The highest BCUT2D eigenvalue weighted by atomic mass is 16.5. The highest BCUT2D eigenvalue weighted by Gasteiger charge is 2.23. The quantitative estimate of drug-likeness (QED) is 0.845. The van der Waals surface area contributed by atoms with Crippen LogP contribution in [0.25, 0.3) is 10.8 Å². The number of nitrogens with one attached hydrogen (secondary N) is 1. The topological polar surface area (TPSA) is 95.6 Å². The van der Waals surface area contributed by atoms with Gasteiger partial charge in [0.1, 0.15) is 0 Å². The van der Waals surface area contributed by atoms with E-state index in [1.807, 2.05) is 0 Å². The van der Waals surface area contributed by atoms with Gasteiger partial charge in [0.25, 0.3) is 11.5 Å². The van der Waals surface area contributed by atoms with Crippen molar-refractivity contribution < 1.29 is 14.3 Å². The van der Waals surface area contributed by atoms with E-state index >= 15 is 0 Å². The molecular formula is C16H18N4O4. The van der Waals surface area contributed by atoms with Crippen molar-refractivity contribution >= 4 is 22.6 Å². The van der Waals surface area contributed by atoms with Crippen LogP contribution in [0, 0.1) is 0 Å². The molecule has 8 heteroatoms. The van der Waals surface area contributed by atoms with Gasteiger partial charge in [-0.25, -0.2) is 5.10 Å². The Labute approximate surface area is 138 Å². The van der Waals surface area contributed by atoms with Crippen LogP contribution in [0.4, 0.5) is 0 Å². The van der Waals surface area contributed by atoms with E-state index in [9.17, 15) is 14.4 Å². The van der Waals surface area contributed by atoms with Crippen LogP contribution in [0.5, 0.6) is 0 Å². The van der Waals surface area contributed by atoms with Crippen molar-refractivity contribution in [1.82, 2.24) is 20.0 Å². The zero-order chi connectivity index (χ0) is 17.1. The van der Waals surface area contributed by atoms with E-state index in [4.69, 9.17) is 4.74 Å². The summed E-state index contributed by atoms with van der Waals surface area (Å²) in [7, 11) is 1.54. The number of likely N-dealkylation sites (N-methyl/N-ethyl adjacent to an activating group) is 1. The van der Waals surface area contributed by atoms with E-state index in [0.29, 0.717) is 37.1 Å². The Hall–Kier alpha value is -2.74. The molecule has 0 saturated carbocycles. The number of hydrogen-bond donors (Lipinski definition) is 1. The van der Waals surface area contributed by atoms with E-state index in [2.05, 4.69) is 10.2 Å². The minimum absolute atomic E-state index is 0.0477. The second kappa shape index (κ2) is 6.79. The van der Waals surface area contributed by atoms with Crippen molar-refractivity contribution in [2.45, 2.75) is 0 Å². The fourth-order valence-electron chi connectivity index (χ4n) is 2.65. The number of ether oxygens (including phenoxy) is 1. The van der Waals surface area contributed by atoms with Crippen LogP contribution in [0.2, 0.25) is 0 Å². The summed E-state index contributed by atoms with van der Waals surface area (Å²) in [5, 5.41) is 7.07. The second-order valence-corrected chi connectivity index (χ2v) is 5.60. The van der Waals surface area contributed by atoms with Gasteiger partial charge in [-0.15, -0.1) is 0 Å². The van der Waals surface area contributed by atoms with E-state index in [0.717, 1.165) is 0 Å². The van der Waals surface area contributed by atoms with E-state index < -0.39 is 5.91 Å². The third kappa shape index (κ3) is 3.13. The molecule has 1 fully saturated rings. The summed E-state index contributed by atoms with van der Waals surface area (Å²) < 4.78 is 5.21. The first-order valence-electron chi connectivity index (χ1n) is 7.66. The van der Waals surface area contributed by atoms with Gasteiger partial charge in [-0.3, -0.25) is 14.4 Å². The van der Waals surface area contributed by atoms with Crippen LogP contribution in [0.15, 0.2) is 29.1 Å². The van der Waals surface area contributed by atoms with Crippen LogP contribution < -0.4 is 5.56 Å². The van der Waals surface area contributed by atoms with Crippen LogP contribution in [-0.2, 0) is 9.53 Å². The first kappa shape index (κ1) is 16.1. The summed E-state index contributed by atoms with van der Waals surface area (Å²) in [5.74, 6) is -0.549. The molecule has 1 aliphatic heterocycles. The number of carbonyl (C=O) groups excluding carboxylic acids is 2. The number of hydrogen-bond acceptors (Lipinski definition) is 5. The van der Waals surface area contributed by atoms with Gasteiger partial charge < -0.3 is 14.5 Å². The van der Waals surface area contributed by atoms with Crippen molar-refractivity contribution in [3.05, 3.63) is 40.3 Å². The van der Waals surface area contributed by atoms with Crippen LogP contribution in [0.1, 0.15) is 10.5 Å². The van der Waals surface area contributed by atoms with Gasteiger partial charge in [-0.05, 0) is 6.07 Å². The molecule has 0 spiro atoms. The Bertz CT molecular complexity index is 826. The molecule has 1 aromatic carbocycles. The number of H-pyrrole nitrogens is 1. The van der Waals surface area contributed by atoms with Gasteiger partial charge in [0.15, 0.2) is 5.69 Å². The number of benzene rings is 1. The lowest BCUT2D eigenvalue weighted by atomic mass is 10.1. The molecule has 0 bridgehead atoms. The smallest absolute Gasteiger partial charge is 0.275 e. The van der Waals surface area contributed by atoms with E-state index in [1.165, 1.54) is 4.90 Å². The Morgan fingerprint density at radius 2 is 1.92 bits per heavy atom. The summed E-state index contributed by atoms with van der Waals surface area (Å²) in [6.07, 6.45) is 0. The van der Waals surface area contributed by atoms with Gasteiger partial charge in [0, 0.05) is 25.5 Å². The molecule has 0 atom stereocenters. The van der Waals surface area contributed by atoms with Gasteiger partial charge in [-0.2, -0.15) is 5.10 Å². The van der Waals surface area contributed by atoms with Crippen LogP contribution in [0.3, 0.4) is 0 Å². The Morgan fingerprint density at radius 1 is 1.25 bits per heavy atom. The van der Waals surface area contributed by atoms with E-state index in [1.54, 1.807) is 36.2 Å². The standard InChI is InChI=1S/C16H18N4O4/c1-19(10-13(21)20-6-8-24-9-7-20)16(23)14-11-4-2-3-5-12(11)15(22)18-17-14/h2-5H,6-10H2,1H3,(H,18,22). The van der Waals surface area contributed by atoms with Crippen molar-refractivity contribution in [1.29, 1.82) is 0 Å². The predicted octanol–water partition coefficient (Wildman–Crippen LogP) is -0.146. The summed E-state index contributed by atoms with van der Waals surface area (Å²) in [6, 6.07) is 6.75. The van der Waals surface area contributed by atoms with Crippen LogP contribution in [-0.4, -0.2) is 71.7 Å². The van der Waals surface area contributed by atoms with Gasteiger partial charge >= 0.3 is 0 Å². The average Bonchev–Trinajstić information content (AvgIpc) is 2.62. The number of fused-ring (bicyclic) bond motifs is 1. The molecule has 2 amide bonds. The maximum Gasteiger partial charge on any atom is 0.275 e. The molecule has 1 N–H and O–H groups in total. The number of rotatable bonds is 3. The van der Waals surface area contributed by atoms with Crippen molar-refractivity contribution in [3.8, 4) is 0 Å². The Balaban J connectivity index is 1.80. The molecule has 8 nitrogen and oxygen atoms in total. The Morgan fingerprint density at radius 3 is 2.62 bits per heavy atom. The maximum atomic E-state index is 12.6. The molecule has 3 rings (SSSR count). The summed E-state index contributed by atoms with van der Waals surface area (Å²) >= 11 is 0. The largest absolute Gasteiger partial charge is 0.378 e. The number of amides is 2. The molecule has 0 radical (unpaired) electrons. The monoisotopic (exact) mass is 330 g/mol. The highest BCUT2D eigenvalue weighted by molar-refractivity contribution is 6.05. The van der Waals surface area contributed by atoms with Crippen molar-refractivity contribution in [3.63, 3.8) is 0 Å². The third-order valence-corrected chi connectivity index (χ3v) is 3.98.